The Kier molecular flexibility index (Phi) is 6.11. The molecule has 3 aromatic rings. The summed E-state index contributed by atoms with van der Waals surface area (Å²) < 4.78 is 0. The quantitative estimate of drug-likeness (QED) is 0.661. The monoisotopic (exact) mass is 413 g/mol. The van der Waals surface area contributed by atoms with E-state index in [0.29, 0.717) is 22.0 Å². The van der Waals surface area contributed by atoms with Crippen molar-refractivity contribution in [2.24, 2.45) is 0 Å². The van der Waals surface area contributed by atoms with E-state index in [1.54, 1.807) is 32.3 Å². The number of halogens is 1. The van der Waals surface area contributed by atoms with Crippen molar-refractivity contribution < 1.29 is 9.59 Å². The molecule has 0 aliphatic rings. The third kappa shape index (κ3) is 4.77. The number of nitrogens with zero attached hydrogens (tertiary/aromatic N) is 2. The SMILES string of the molecule is Cc1ccc(-c2nc(CC(=O)Nc3ccc(C(=O)N(C)C)c(Cl)c3)cs2)cc1. The van der Waals surface area contributed by atoms with Crippen molar-refractivity contribution in [3.8, 4) is 10.6 Å². The highest BCUT2D eigenvalue weighted by atomic mass is 35.5. The molecule has 0 aliphatic heterocycles. The van der Waals surface area contributed by atoms with E-state index in [4.69, 9.17) is 11.6 Å². The summed E-state index contributed by atoms with van der Waals surface area (Å²) in [7, 11) is 3.32. The summed E-state index contributed by atoms with van der Waals surface area (Å²) in [4.78, 5) is 30.4. The van der Waals surface area contributed by atoms with E-state index in [0.717, 1.165) is 10.6 Å². The van der Waals surface area contributed by atoms with E-state index in [9.17, 15) is 9.59 Å². The fourth-order valence-electron chi connectivity index (χ4n) is 2.59. The normalized spacial score (nSPS) is 10.6. The molecule has 1 N–H and O–H groups in total. The Hall–Kier alpha value is -2.70. The molecule has 0 saturated carbocycles. The van der Waals surface area contributed by atoms with Gasteiger partial charge in [-0.25, -0.2) is 4.98 Å². The molecule has 0 fully saturated rings. The number of hydrogen-bond donors (Lipinski definition) is 1. The van der Waals surface area contributed by atoms with Gasteiger partial charge in [0.2, 0.25) is 5.91 Å². The molecule has 28 heavy (non-hydrogen) atoms. The summed E-state index contributed by atoms with van der Waals surface area (Å²) >= 11 is 7.70. The molecule has 0 radical (unpaired) electrons. The highest BCUT2D eigenvalue weighted by molar-refractivity contribution is 7.13. The van der Waals surface area contributed by atoms with E-state index in [1.165, 1.54) is 21.8 Å². The molecule has 144 valence electrons. The maximum Gasteiger partial charge on any atom is 0.254 e. The number of anilines is 1. The number of rotatable bonds is 5. The van der Waals surface area contributed by atoms with Gasteiger partial charge in [-0.2, -0.15) is 0 Å². The van der Waals surface area contributed by atoms with Crippen molar-refractivity contribution in [2.45, 2.75) is 13.3 Å². The van der Waals surface area contributed by atoms with E-state index < -0.39 is 0 Å². The molecule has 0 bridgehead atoms. The zero-order valence-electron chi connectivity index (χ0n) is 15.8. The second-order valence-electron chi connectivity index (χ2n) is 6.63. The van der Waals surface area contributed by atoms with Gasteiger partial charge in [0.15, 0.2) is 0 Å². The average Bonchev–Trinajstić information content (AvgIpc) is 3.10. The summed E-state index contributed by atoms with van der Waals surface area (Å²) in [5.41, 5.74) is 3.88. The van der Waals surface area contributed by atoms with E-state index in [-0.39, 0.29) is 18.2 Å². The molecule has 1 aromatic heterocycles. The van der Waals surface area contributed by atoms with Crippen LogP contribution >= 0.6 is 22.9 Å². The topological polar surface area (TPSA) is 62.3 Å². The van der Waals surface area contributed by atoms with Gasteiger partial charge < -0.3 is 10.2 Å². The van der Waals surface area contributed by atoms with Crippen LogP contribution < -0.4 is 5.32 Å². The van der Waals surface area contributed by atoms with Crippen LogP contribution in [-0.2, 0) is 11.2 Å². The van der Waals surface area contributed by atoms with Gasteiger partial charge in [0.05, 0.1) is 22.7 Å². The van der Waals surface area contributed by atoms with Gasteiger partial charge >= 0.3 is 0 Å². The van der Waals surface area contributed by atoms with Crippen molar-refractivity contribution in [3.63, 3.8) is 0 Å². The van der Waals surface area contributed by atoms with Crippen LogP contribution in [0, 0.1) is 6.92 Å². The summed E-state index contributed by atoms with van der Waals surface area (Å²) in [6, 6.07) is 13.0. The van der Waals surface area contributed by atoms with Gasteiger partial charge in [0, 0.05) is 30.7 Å². The fourth-order valence-corrected chi connectivity index (χ4v) is 3.68. The molecule has 5 nitrogen and oxygen atoms in total. The van der Waals surface area contributed by atoms with Gasteiger partial charge in [-0.1, -0.05) is 41.4 Å². The smallest absolute Gasteiger partial charge is 0.254 e. The minimum absolute atomic E-state index is 0.165. The van der Waals surface area contributed by atoms with E-state index in [1.807, 2.05) is 36.6 Å². The van der Waals surface area contributed by atoms with Crippen LogP contribution in [0.2, 0.25) is 5.02 Å². The number of hydrogen-bond acceptors (Lipinski definition) is 4. The highest BCUT2D eigenvalue weighted by Crippen LogP contribution is 2.25. The minimum Gasteiger partial charge on any atom is -0.345 e. The Balaban J connectivity index is 1.65. The first-order valence-electron chi connectivity index (χ1n) is 8.66. The number of benzene rings is 2. The predicted octanol–water partition coefficient (Wildman–Crippen LogP) is 4.65. The first kappa shape index (κ1) is 20.0. The maximum absolute atomic E-state index is 12.3. The lowest BCUT2D eigenvalue weighted by atomic mass is 10.1. The van der Waals surface area contributed by atoms with Crippen LogP contribution in [0.5, 0.6) is 0 Å². The van der Waals surface area contributed by atoms with Crippen molar-refractivity contribution >= 4 is 40.4 Å². The van der Waals surface area contributed by atoms with Gasteiger partial charge in [-0.3, -0.25) is 9.59 Å². The van der Waals surface area contributed by atoms with Crippen molar-refractivity contribution in [1.82, 2.24) is 9.88 Å². The number of carbonyl (C=O) groups is 2. The summed E-state index contributed by atoms with van der Waals surface area (Å²) in [5.74, 6) is -0.377. The van der Waals surface area contributed by atoms with Gasteiger partial charge in [-0.05, 0) is 25.1 Å². The van der Waals surface area contributed by atoms with Gasteiger partial charge in [0.1, 0.15) is 5.01 Å². The second kappa shape index (κ2) is 8.54. The van der Waals surface area contributed by atoms with Gasteiger partial charge in [-0.15, -0.1) is 11.3 Å². The average molecular weight is 414 g/mol. The van der Waals surface area contributed by atoms with Crippen LogP contribution in [-0.4, -0.2) is 35.8 Å². The lowest BCUT2D eigenvalue weighted by Crippen LogP contribution is -2.22. The van der Waals surface area contributed by atoms with Crippen LogP contribution in [0.4, 0.5) is 5.69 Å². The molecule has 0 spiro atoms. The second-order valence-corrected chi connectivity index (χ2v) is 7.89. The molecule has 0 aliphatic carbocycles. The van der Waals surface area contributed by atoms with Crippen LogP contribution in [0.25, 0.3) is 10.6 Å². The Morgan fingerprint density at radius 1 is 1.14 bits per heavy atom. The molecule has 3 rings (SSSR count). The van der Waals surface area contributed by atoms with Crippen LogP contribution in [0.3, 0.4) is 0 Å². The lowest BCUT2D eigenvalue weighted by molar-refractivity contribution is -0.115. The van der Waals surface area contributed by atoms with Crippen molar-refractivity contribution in [2.75, 3.05) is 19.4 Å². The number of nitrogens with one attached hydrogen (secondary N) is 1. The predicted molar refractivity (Wildman–Crippen MR) is 114 cm³/mol. The molecule has 0 atom stereocenters. The zero-order chi connectivity index (χ0) is 20.3. The van der Waals surface area contributed by atoms with E-state index >= 15 is 0 Å². The molecule has 2 aromatic carbocycles. The number of amides is 2. The molecular weight excluding hydrogens is 394 g/mol. The minimum atomic E-state index is -0.191. The lowest BCUT2D eigenvalue weighted by Gasteiger charge is -2.12. The van der Waals surface area contributed by atoms with Crippen molar-refractivity contribution in [1.29, 1.82) is 0 Å². The fraction of sp³-hybridized carbons (Fsp3) is 0.190. The summed E-state index contributed by atoms with van der Waals surface area (Å²) in [6.45, 7) is 2.04. The number of carbonyl (C=O) groups excluding carboxylic acids is 2. The Morgan fingerprint density at radius 2 is 1.86 bits per heavy atom. The first-order chi connectivity index (χ1) is 13.3. The highest BCUT2D eigenvalue weighted by Gasteiger charge is 2.14. The molecule has 0 saturated heterocycles. The molecular formula is C21H20ClN3O2S. The molecule has 2 amide bonds. The van der Waals surface area contributed by atoms with Crippen LogP contribution in [0.15, 0.2) is 47.8 Å². The first-order valence-corrected chi connectivity index (χ1v) is 9.92. The van der Waals surface area contributed by atoms with Crippen LogP contribution in [0.1, 0.15) is 21.6 Å². The third-order valence-corrected chi connectivity index (χ3v) is 5.33. The maximum atomic E-state index is 12.3. The molecule has 7 heteroatoms. The van der Waals surface area contributed by atoms with Gasteiger partial charge in [0.25, 0.3) is 5.91 Å². The Bertz CT molecular complexity index is 1010. The Labute approximate surface area is 173 Å². The third-order valence-electron chi connectivity index (χ3n) is 4.08. The molecule has 1 heterocycles. The summed E-state index contributed by atoms with van der Waals surface area (Å²) in [5, 5.41) is 5.87. The number of thiazole rings is 1. The number of aromatic nitrogens is 1. The van der Waals surface area contributed by atoms with E-state index in [2.05, 4.69) is 10.3 Å². The molecule has 0 unspecified atom stereocenters. The Morgan fingerprint density at radius 3 is 2.50 bits per heavy atom. The van der Waals surface area contributed by atoms with Crippen molar-refractivity contribution in [3.05, 3.63) is 69.7 Å². The zero-order valence-corrected chi connectivity index (χ0v) is 17.4. The largest absolute Gasteiger partial charge is 0.345 e. The standard InChI is InChI=1S/C21H20ClN3O2S/c1-13-4-6-14(7-5-13)20-24-16(12-28-20)11-19(26)23-15-8-9-17(18(22)10-15)21(27)25(2)3/h4-10,12H,11H2,1-3H3,(H,23,26). The number of aryl methyl sites for hydroxylation is 1. The summed E-state index contributed by atoms with van der Waals surface area (Å²) in [6.07, 6.45) is 0.165.